The van der Waals surface area contributed by atoms with E-state index in [0.717, 1.165) is 30.6 Å². The number of carbonyl (C=O) groups is 3. The summed E-state index contributed by atoms with van der Waals surface area (Å²) in [6.45, 7) is 4.08. The van der Waals surface area contributed by atoms with Crippen molar-refractivity contribution in [2.24, 2.45) is 0 Å². The van der Waals surface area contributed by atoms with Crippen molar-refractivity contribution in [2.75, 3.05) is 13.1 Å². The first-order chi connectivity index (χ1) is 12.4. The molecular formula is C19H26FN3O3. The van der Waals surface area contributed by atoms with Crippen molar-refractivity contribution in [1.29, 1.82) is 0 Å². The second kappa shape index (κ2) is 8.78. The predicted octanol–water partition coefficient (Wildman–Crippen LogP) is 2.68. The largest absolute Gasteiger partial charge is 0.355 e. The zero-order valence-electron chi connectivity index (χ0n) is 15.3. The normalized spacial score (nSPS) is 19.6. The van der Waals surface area contributed by atoms with Gasteiger partial charge in [0.05, 0.1) is 0 Å². The molecule has 2 N–H and O–H groups in total. The van der Waals surface area contributed by atoms with Gasteiger partial charge in [0.25, 0.3) is 5.91 Å². The average molecular weight is 363 g/mol. The fourth-order valence-corrected chi connectivity index (χ4v) is 3.12. The molecule has 0 radical (unpaired) electrons. The highest BCUT2D eigenvalue weighted by Gasteiger charge is 2.51. The van der Waals surface area contributed by atoms with Gasteiger partial charge in [-0.15, -0.1) is 0 Å². The minimum atomic E-state index is -1.26. The average Bonchev–Trinajstić information content (AvgIpc) is 2.87. The lowest BCUT2D eigenvalue weighted by molar-refractivity contribution is -0.135. The first-order valence-electron chi connectivity index (χ1n) is 9.11. The highest BCUT2D eigenvalue weighted by Crippen LogP contribution is 2.32. The van der Waals surface area contributed by atoms with Crippen molar-refractivity contribution < 1.29 is 18.8 Å². The molecule has 6 nitrogen and oxygen atoms in total. The van der Waals surface area contributed by atoms with Gasteiger partial charge in [0.1, 0.15) is 17.9 Å². The van der Waals surface area contributed by atoms with Gasteiger partial charge in [-0.05, 0) is 30.5 Å². The zero-order chi connectivity index (χ0) is 19.2. The van der Waals surface area contributed by atoms with E-state index in [-0.39, 0.29) is 12.5 Å². The van der Waals surface area contributed by atoms with E-state index in [9.17, 15) is 18.8 Å². The quantitative estimate of drug-likeness (QED) is 0.523. The summed E-state index contributed by atoms with van der Waals surface area (Å²) in [5.41, 5.74) is -0.756. The second-order valence-electron chi connectivity index (χ2n) is 6.50. The summed E-state index contributed by atoms with van der Waals surface area (Å²) in [7, 11) is 0. The van der Waals surface area contributed by atoms with Crippen molar-refractivity contribution in [1.82, 2.24) is 15.5 Å². The second-order valence-corrected chi connectivity index (χ2v) is 6.50. The van der Waals surface area contributed by atoms with E-state index < -0.39 is 23.3 Å². The molecule has 7 heteroatoms. The van der Waals surface area contributed by atoms with Crippen LogP contribution in [0.15, 0.2) is 24.3 Å². The van der Waals surface area contributed by atoms with E-state index in [4.69, 9.17) is 0 Å². The number of urea groups is 1. The van der Waals surface area contributed by atoms with Gasteiger partial charge in [-0.2, -0.15) is 0 Å². The van der Waals surface area contributed by atoms with Gasteiger partial charge < -0.3 is 10.6 Å². The molecule has 0 unspecified atom stereocenters. The van der Waals surface area contributed by atoms with Crippen LogP contribution in [0.4, 0.5) is 9.18 Å². The first kappa shape index (κ1) is 19.9. The van der Waals surface area contributed by atoms with E-state index in [0.29, 0.717) is 18.5 Å². The number of hydrogen-bond donors (Lipinski definition) is 2. The molecule has 1 aromatic rings. The van der Waals surface area contributed by atoms with Gasteiger partial charge in [0, 0.05) is 6.54 Å². The van der Waals surface area contributed by atoms with Crippen LogP contribution in [0.1, 0.15) is 51.5 Å². The van der Waals surface area contributed by atoms with Gasteiger partial charge >= 0.3 is 6.03 Å². The summed E-state index contributed by atoms with van der Waals surface area (Å²) in [5.74, 6) is -1.27. The van der Waals surface area contributed by atoms with Gasteiger partial charge in [0.2, 0.25) is 5.91 Å². The molecule has 4 amide bonds. The fraction of sp³-hybridized carbons (Fsp3) is 0.526. The molecule has 1 aliphatic heterocycles. The third-order valence-corrected chi connectivity index (χ3v) is 4.70. The van der Waals surface area contributed by atoms with Gasteiger partial charge in [-0.25, -0.2) is 9.18 Å². The van der Waals surface area contributed by atoms with Crippen molar-refractivity contribution in [3.8, 4) is 0 Å². The van der Waals surface area contributed by atoms with E-state index in [2.05, 4.69) is 17.6 Å². The lowest BCUT2D eigenvalue weighted by Gasteiger charge is -2.25. The Kier molecular flexibility index (Phi) is 6.71. The smallest absolute Gasteiger partial charge is 0.325 e. The lowest BCUT2D eigenvalue weighted by Crippen LogP contribution is -2.44. The molecule has 1 saturated heterocycles. The molecule has 2 rings (SSSR count). The molecule has 1 fully saturated rings. The van der Waals surface area contributed by atoms with Crippen LogP contribution in [0.2, 0.25) is 0 Å². The Morgan fingerprint density at radius 1 is 1.15 bits per heavy atom. The summed E-state index contributed by atoms with van der Waals surface area (Å²) < 4.78 is 13.2. The number of imide groups is 1. The third-order valence-electron chi connectivity index (χ3n) is 4.70. The molecule has 142 valence electrons. The highest BCUT2D eigenvalue weighted by molar-refractivity contribution is 6.09. The molecular weight excluding hydrogens is 337 g/mol. The third kappa shape index (κ3) is 4.20. The van der Waals surface area contributed by atoms with Crippen molar-refractivity contribution in [2.45, 2.75) is 51.5 Å². The zero-order valence-corrected chi connectivity index (χ0v) is 15.3. The Morgan fingerprint density at radius 2 is 1.85 bits per heavy atom. The minimum Gasteiger partial charge on any atom is -0.355 e. The number of hydrogen-bond acceptors (Lipinski definition) is 3. The van der Waals surface area contributed by atoms with E-state index in [1.54, 1.807) is 6.92 Å². The Morgan fingerprint density at radius 3 is 2.46 bits per heavy atom. The number of carbonyl (C=O) groups excluding carboxylic acids is 3. The van der Waals surface area contributed by atoms with Crippen LogP contribution in [0.3, 0.4) is 0 Å². The van der Waals surface area contributed by atoms with Crippen LogP contribution in [0.25, 0.3) is 0 Å². The summed E-state index contributed by atoms with van der Waals surface area (Å²) >= 11 is 0. The molecule has 1 atom stereocenters. The van der Waals surface area contributed by atoms with Crippen LogP contribution in [-0.2, 0) is 15.1 Å². The molecule has 0 spiro atoms. The van der Waals surface area contributed by atoms with Gasteiger partial charge in [0.15, 0.2) is 0 Å². The standard InChI is InChI=1S/C19H26FN3O3/c1-3-5-6-7-12-21-16(24)13-23-17(25)19(4-2,22-18(23)26)14-8-10-15(20)11-9-14/h8-11H,3-7,12-13H2,1-2H3,(H,21,24)(H,22,26)/t19-/m1/s1. The predicted molar refractivity (Wildman–Crippen MR) is 95.8 cm³/mol. The van der Waals surface area contributed by atoms with Crippen LogP contribution >= 0.6 is 0 Å². The number of halogens is 1. The number of nitrogens with one attached hydrogen (secondary N) is 2. The maximum atomic E-state index is 13.2. The summed E-state index contributed by atoms with van der Waals surface area (Å²) in [6.07, 6.45) is 4.43. The maximum Gasteiger partial charge on any atom is 0.325 e. The highest BCUT2D eigenvalue weighted by atomic mass is 19.1. The summed E-state index contributed by atoms with van der Waals surface area (Å²) in [5, 5.41) is 5.42. The van der Waals surface area contributed by atoms with Crippen molar-refractivity contribution in [3.05, 3.63) is 35.6 Å². The lowest BCUT2D eigenvalue weighted by atomic mass is 9.87. The Bertz CT molecular complexity index is 662. The number of unbranched alkanes of at least 4 members (excludes halogenated alkanes) is 3. The molecule has 1 heterocycles. The van der Waals surface area contributed by atoms with E-state index in [1.807, 2.05) is 0 Å². The topological polar surface area (TPSA) is 78.5 Å². The molecule has 0 saturated carbocycles. The fourth-order valence-electron chi connectivity index (χ4n) is 3.12. The Balaban J connectivity index is 2.03. The van der Waals surface area contributed by atoms with Crippen LogP contribution in [0.5, 0.6) is 0 Å². The van der Waals surface area contributed by atoms with E-state index >= 15 is 0 Å². The van der Waals surface area contributed by atoms with Gasteiger partial charge in [-0.1, -0.05) is 45.2 Å². The molecule has 0 bridgehead atoms. The number of nitrogens with zero attached hydrogens (tertiary/aromatic N) is 1. The molecule has 1 aromatic carbocycles. The Hall–Kier alpha value is -2.44. The molecule has 0 aromatic heterocycles. The van der Waals surface area contributed by atoms with Crippen molar-refractivity contribution >= 4 is 17.8 Å². The SMILES string of the molecule is CCCCCCNC(=O)CN1C(=O)N[C@](CC)(c2ccc(F)cc2)C1=O. The number of amides is 4. The number of rotatable bonds is 9. The maximum absolute atomic E-state index is 13.2. The molecule has 0 aliphatic carbocycles. The van der Waals surface area contributed by atoms with Gasteiger partial charge in [-0.3, -0.25) is 14.5 Å². The monoisotopic (exact) mass is 363 g/mol. The van der Waals surface area contributed by atoms with Crippen LogP contribution < -0.4 is 10.6 Å². The molecule has 1 aliphatic rings. The van der Waals surface area contributed by atoms with E-state index in [1.165, 1.54) is 24.3 Å². The Labute approximate surface area is 153 Å². The minimum absolute atomic E-state index is 0.304. The van der Waals surface area contributed by atoms with Crippen LogP contribution in [0, 0.1) is 5.82 Å². The van der Waals surface area contributed by atoms with Crippen molar-refractivity contribution in [3.63, 3.8) is 0 Å². The first-order valence-corrected chi connectivity index (χ1v) is 9.11. The molecule has 26 heavy (non-hydrogen) atoms. The van der Waals surface area contributed by atoms with Crippen LogP contribution in [-0.4, -0.2) is 35.8 Å². The number of benzene rings is 1. The summed E-state index contributed by atoms with van der Waals surface area (Å²) in [4.78, 5) is 38.2. The summed E-state index contributed by atoms with van der Waals surface area (Å²) in [6, 6.07) is 4.85.